The van der Waals surface area contributed by atoms with E-state index < -0.39 is 11.6 Å². The van der Waals surface area contributed by atoms with E-state index in [-0.39, 0.29) is 82.4 Å². The van der Waals surface area contributed by atoms with Crippen LogP contribution in [0.25, 0.3) is 0 Å². The van der Waals surface area contributed by atoms with E-state index in [4.69, 9.17) is 33.8 Å². The quantitative estimate of drug-likeness (QED) is 0.149. The van der Waals surface area contributed by atoms with Crippen LogP contribution in [-0.2, 0) is 48.1 Å². The van der Waals surface area contributed by atoms with E-state index in [1.165, 1.54) is 21.0 Å². The standard InChI is InChI=1S/C39H62O10/c1-22(2)28-12-10-23(3)20-39(28)48-46-38(47-49-39)17-16-36(7)27(21-38)18-32(44-25(5)40)35-30-14-13-29(24(4)11-15-34(42)43-9)37(30,8)33(19-31(35)36)45-26(6)41/h22-24,27-33,35H,10-21H2,1-9H3/t23?,24?,27-,28?,29-,30?,31?,32-,33+,35?,36+,37-,38?,39?/m1/s1. The van der Waals surface area contributed by atoms with Gasteiger partial charge in [-0.3, -0.25) is 14.4 Å². The Labute approximate surface area is 293 Å². The molecule has 6 rings (SSSR count). The molecule has 49 heavy (non-hydrogen) atoms. The molecular weight excluding hydrogens is 628 g/mol. The lowest BCUT2D eigenvalue weighted by Crippen LogP contribution is -2.65. The van der Waals surface area contributed by atoms with Gasteiger partial charge >= 0.3 is 17.9 Å². The average Bonchev–Trinajstić information content (AvgIpc) is 3.40. The Balaban J connectivity index is 1.27. The van der Waals surface area contributed by atoms with Crippen LogP contribution >= 0.6 is 0 Å². The molecular formula is C39H62O10. The molecule has 0 radical (unpaired) electrons. The number of esters is 3. The first-order chi connectivity index (χ1) is 23.1. The molecule has 6 fully saturated rings. The fraction of sp³-hybridized carbons (Fsp3) is 0.923. The fourth-order valence-electron chi connectivity index (χ4n) is 12.3. The van der Waals surface area contributed by atoms with Gasteiger partial charge in [-0.05, 0) is 91.8 Å². The number of hydrogen-bond donors (Lipinski definition) is 0. The summed E-state index contributed by atoms with van der Waals surface area (Å²) in [4.78, 5) is 62.9. The minimum absolute atomic E-state index is 0.109. The Morgan fingerprint density at radius 2 is 1.49 bits per heavy atom. The van der Waals surface area contributed by atoms with Gasteiger partial charge in [-0.15, -0.1) is 0 Å². The van der Waals surface area contributed by atoms with Crippen molar-refractivity contribution in [2.75, 3.05) is 7.11 Å². The van der Waals surface area contributed by atoms with Gasteiger partial charge < -0.3 is 14.2 Å². The van der Waals surface area contributed by atoms with Crippen LogP contribution in [0.2, 0.25) is 0 Å². The summed E-state index contributed by atoms with van der Waals surface area (Å²) in [5, 5.41) is 0. The monoisotopic (exact) mass is 690 g/mol. The second-order valence-electron chi connectivity index (χ2n) is 17.8. The maximum absolute atomic E-state index is 12.7. The predicted molar refractivity (Wildman–Crippen MR) is 179 cm³/mol. The van der Waals surface area contributed by atoms with Gasteiger partial charge in [0.25, 0.3) is 0 Å². The van der Waals surface area contributed by atoms with Crippen molar-refractivity contribution < 1.29 is 48.1 Å². The maximum atomic E-state index is 12.7. The molecule has 278 valence electrons. The van der Waals surface area contributed by atoms with Crippen LogP contribution in [0.15, 0.2) is 0 Å². The van der Waals surface area contributed by atoms with Crippen molar-refractivity contribution in [1.82, 2.24) is 0 Å². The van der Waals surface area contributed by atoms with Crippen LogP contribution in [0.5, 0.6) is 0 Å². The fourth-order valence-corrected chi connectivity index (χ4v) is 12.3. The lowest BCUT2D eigenvalue weighted by molar-refractivity contribution is -0.673. The Morgan fingerprint density at radius 1 is 0.816 bits per heavy atom. The lowest BCUT2D eigenvalue weighted by Gasteiger charge is -2.65. The predicted octanol–water partition coefficient (Wildman–Crippen LogP) is 7.71. The van der Waals surface area contributed by atoms with Gasteiger partial charge in [0, 0.05) is 56.8 Å². The second kappa shape index (κ2) is 13.7. The molecule has 0 N–H and O–H groups in total. The minimum atomic E-state index is -1.03. The van der Waals surface area contributed by atoms with E-state index in [1.54, 1.807) is 0 Å². The zero-order valence-corrected chi connectivity index (χ0v) is 31.4. The second-order valence-corrected chi connectivity index (χ2v) is 17.8. The average molecular weight is 691 g/mol. The van der Waals surface area contributed by atoms with Crippen molar-refractivity contribution in [2.24, 2.45) is 64.1 Å². The van der Waals surface area contributed by atoms with Crippen molar-refractivity contribution in [1.29, 1.82) is 0 Å². The van der Waals surface area contributed by atoms with E-state index in [1.807, 2.05) is 0 Å². The van der Waals surface area contributed by atoms with Gasteiger partial charge in [-0.2, -0.15) is 19.6 Å². The first kappa shape index (κ1) is 37.0. The first-order valence-corrected chi connectivity index (χ1v) is 19.2. The Morgan fingerprint density at radius 3 is 2.12 bits per heavy atom. The van der Waals surface area contributed by atoms with E-state index in [0.29, 0.717) is 43.9 Å². The topological polar surface area (TPSA) is 116 Å². The Kier molecular flexibility index (Phi) is 10.3. The third-order valence-corrected chi connectivity index (χ3v) is 14.8. The third kappa shape index (κ3) is 6.48. The SMILES string of the molecule is COC(=O)CCC(C)[C@H]1CCC2C3C(C[C@H](OC(C)=O)[C@@]21C)[C@@]1(C)CCC2(C[C@H]1C[C@H]3OC(C)=O)OOC1(CC(C)CCC1C(C)C)OO2. The summed E-state index contributed by atoms with van der Waals surface area (Å²) >= 11 is 0. The summed E-state index contributed by atoms with van der Waals surface area (Å²) in [6.07, 6.45) is 8.77. The van der Waals surface area contributed by atoms with Gasteiger partial charge in [-0.25, -0.2) is 0 Å². The van der Waals surface area contributed by atoms with E-state index in [2.05, 4.69) is 41.5 Å². The summed E-state index contributed by atoms with van der Waals surface area (Å²) < 4.78 is 17.5. The van der Waals surface area contributed by atoms with Crippen molar-refractivity contribution in [3.63, 3.8) is 0 Å². The van der Waals surface area contributed by atoms with Gasteiger partial charge in [0.15, 0.2) is 0 Å². The third-order valence-electron chi connectivity index (χ3n) is 14.8. The molecule has 0 aromatic carbocycles. The molecule has 10 heteroatoms. The highest BCUT2D eigenvalue weighted by molar-refractivity contribution is 5.69. The van der Waals surface area contributed by atoms with E-state index >= 15 is 0 Å². The number of rotatable bonds is 7. The zero-order chi connectivity index (χ0) is 35.5. The molecule has 0 aromatic rings. The van der Waals surface area contributed by atoms with E-state index in [0.717, 1.165) is 44.9 Å². The minimum Gasteiger partial charge on any atom is -0.469 e. The van der Waals surface area contributed by atoms with Crippen molar-refractivity contribution in [3.05, 3.63) is 0 Å². The molecule has 5 aliphatic carbocycles. The molecule has 6 aliphatic rings. The number of hydrogen-bond acceptors (Lipinski definition) is 10. The Hall–Kier alpha value is -1.75. The number of ether oxygens (including phenoxy) is 3. The van der Waals surface area contributed by atoms with Crippen LogP contribution < -0.4 is 0 Å². The van der Waals surface area contributed by atoms with Gasteiger partial charge in [0.2, 0.25) is 11.6 Å². The summed E-state index contributed by atoms with van der Waals surface area (Å²) in [5.41, 5.74) is -0.432. The normalized spacial score (nSPS) is 46.8. The van der Waals surface area contributed by atoms with Crippen molar-refractivity contribution >= 4 is 17.9 Å². The first-order valence-electron chi connectivity index (χ1n) is 19.2. The highest BCUT2D eigenvalue weighted by atomic mass is 17.4. The molecule has 0 bridgehead atoms. The van der Waals surface area contributed by atoms with Gasteiger partial charge in [-0.1, -0.05) is 48.0 Å². The molecule has 1 heterocycles. The number of methoxy groups -OCH3 is 1. The molecule has 0 amide bonds. The molecule has 5 saturated carbocycles. The van der Waals surface area contributed by atoms with E-state index in [9.17, 15) is 14.4 Å². The Bertz CT molecular complexity index is 1240. The molecule has 10 nitrogen and oxygen atoms in total. The smallest absolute Gasteiger partial charge is 0.305 e. The highest BCUT2D eigenvalue weighted by Gasteiger charge is 2.69. The number of carbonyl (C=O) groups excluding carboxylic acids is 3. The number of fused-ring (bicyclic) bond motifs is 5. The summed E-state index contributed by atoms with van der Waals surface area (Å²) in [6.45, 7) is 16.5. The van der Waals surface area contributed by atoms with Crippen LogP contribution in [0.1, 0.15) is 132 Å². The summed E-state index contributed by atoms with van der Waals surface area (Å²) in [5.74, 6) is -0.594. The largest absolute Gasteiger partial charge is 0.469 e. The van der Waals surface area contributed by atoms with Crippen LogP contribution in [0, 0.1) is 64.1 Å². The zero-order valence-electron chi connectivity index (χ0n) is 31.4. The molecule has 1 aliphatic heterocycles. The van der Waals surface area contributed by atoms with Gasteiger partial charge in [0.1, 0.15) is 12.2 Å². The van der Waals surface area contributed by atoms with Crippen LogP contribution in [-0.4, -0.2) is 48.8 Å². The molecule has 12 atom stereocenters. The van der Waals surface area contributed by atoms with Crippen molar-refractivity contribution in [3.8, 4) is 0 Å². The molecule has 6 unspecified atom stereocenters. The maximum Gasteiger partial charge on any atom is 0.305 e. The molecule has 0 aromatic heterocycles. The highest BCUT2D eigenvalue weighted by Crippen LogP contribution is 2.70. The molecule has 1 saturated heterocycles. The lowest BCUT2D eigenvalue weighted by atomic mass is 9.42. The van der Waals surface area contributed by atoms with Crippen molar-refractivity contribution in [2.45, 2.75) is 156 Å². The van der Waals surface area contributed by atoms with Crippen LogP contribution in [0.4, 0.5) is 0 Å². The summed E-state index contributed by atoms with van der Waals surface area (Å²) in [6, 6.07) is 0. The van der Waals surface area contributed by atoms with Crippen LogP contribution in [0.3, 0.4) is 0 Å². The van der Waals surface area contributed by atoms with Gasteiger partial charge in [0.05, 0.1) is 7.11 Å². The number of carbonyl (C=O) groups is 3. The summed E-state index contributed by atoms with van der Waals surface area (Å²) in [7, 11) is 1.43. The molecule has 2 spiro atoms.